The molecule has 1 aliphatic rings. The first-order valence-electron chi connectivity index (χ1n) is 15.0. The predicted octanol–water partition coefficient (Wildman–Crippen LogP) is 5.49. The lowest BCUT2D eigenvalue weighted by molar-refractivity contribution is -0.133. The number of hydrogen-bond acceptors (Lipinski definition) is 5. The Morgan fingerprint density at radius 3 is 2.25 bits per heavy atom. The quantitative estimate of drug-likeness (QED) is 0.252. The van der Waals surface area contributed by atoms with Gasteiger partial charge in [-0.15, -0.1) is 5.10 Å². The number of carbonyl (C=O) groups excluding carboxylic acids is 1. The predicted molar refractivity (Wildman–Crippen MR) is 162 cm³/mol. The molecule has 0 N–H and O–H groups in total. The maximum atomic E-state index is 14.4. The van der Waals surface area contributed by atoms with Crippen molar-refractivity contribution in [1.29, 1.82) is 0 Å². The first-order chi connectivity index (χ1) is 20.8. The average Bonchev–Trinajstić information content (AvgIpc) is 3.58. The van der Waals surface area contributed by atoms with Gasteiger partial charge in [-0.05, 0) is 59.1 Å². The van der Waals surface area contributed by atoms with Crippen LogP contribution in [0.1, 0.15) is 72.6 Å². The number of hydrogen-bond donors (Lipinski definition) is 0. The molecule has 1 atom stereocenters. The van der Waals surface area contributed by atoms with E-state index in [1.165, 1.54) is 15.8 Å². The molecule has 1 saturated heterocycles. The molecule has 0 spiro atoms. The molecule has 8 nitrogen and oxygen atoms in total. The molecule has 0 bridgehead atoms. The molecule has 2 aromatic carbocycles. The third-order valence-corrected chi connectivity index (χ3v) is 8.99. The Bertz CT molecular complexity index is 1610. The Labute approximate surface area is 256 Å². The highest BCUT2D eigenvalue weighted by Gasteiger charge is 2.35. The summed E-state index contributed by atoms with van der Waals surface area (Å²) in [7, 11) is 0. The van der Waals surface area contributed by atoms with E-state index in [1.54, 1.807) is 13.1 Å². The Hall–Kier alpha value is -3.99. The van der Waals surface area contributed by atoms with Gasteiger partial charge in [0.25, 0.3) is 0 Å². The van der Waals surface area contributed by atoms with Crippen LogP contribution >= 0.6 is 0 Å². The molecule has 3 heterocycles. The summed E-state index contributed by atoms with van der Waals surface area (Å²) < 4.78 is 45.6. The van der Waals surface area contributed by atoms with Crippen LogP contribution in [0.3, 0.4) is 0 Å². The average molecular weight is 608 g/mol. The van der Waals surface area contributed by atoms with Crippen molar-refractivity contribution in [2.45, 2.75) is 72.5 Å². The molecular weight excluding hydrogens is 567 g/mol. The summed E-state index contributed by atoms with van der Waals surface area (Å²) >= 11 is 0. The van der Waals surface area contributed by atoms with E-state index in [-0.39, 0.29) is 11.5 Å². The summed E-state index contributed by atoms with van der Waals surface area (Å²) in [6.45, 7) is 14.9. The number of nitrogens with zero attached hydrogens (tertiary/aromatic N) is 7. The second-order valence-electron chi connectivity index (χ2n) is 12.3. The second-order valence-corrected chi connectivity index (χ2v) is 12.3. The summed E-state index contributed by atoms with van der Waals surface area (Å²) in [4.78, 5) is 17.4. The lowest BCUT2D eigenvalue weighted by Gasteiger charge is -2.43. The van der Waals surface area contributed by atoms with E-state index >= 15 is 0 Å². The van der Waals surface area contributed by atoms with Crippen molar-refractivity contribution < 1.29 is 18.0 Å². The van der Waals surface area contributed by atoms with Gasteiger partial charge >= 0.3 is 0 Å². The number of carbonyl (C=O) groups is 1. The Morgan fingerprint density at radius 1 is 0.977 bits per heavy atom. The molecule has 11 heteroatoms. The van der Waals surface area contributed by atoms with Crippen LogP contribution in [-0.2, 0) is 23.3 Å². The van der Waals surface area contributed by atoms with Gasteiger partial charge in [0.1, 0.15) is 23.1 Å². The topological polar surface area (TPSA) is 72.1 Å². The molecule has 2 aromatic heterocycles. The van der Waals surface area contributed by atoms with Gasteiger partial charge in [0.15, 0.2) is 0 Å². The van der Waals surface area contributed by atoms with Gasteiger partial charge < -0.3 is 4.90 Å². The number of aryl methyl sites for hydroxylation is 2. The van der Waals surface area contributed by atoms with Gasteiger partial charge in [-0.3, -0.25) is 14.4 Å². The summed E-state index contributed by atoms with van der Waals surface area (Å²) in [5.74, 6) is -2.78. The van der Waals surface area contributed by atoms with E-state index in [2.05, 4.69) is 53.3 Å². The van der Waals surface area contributed by atoms with Crippen molar-refractivity contribution in [3.8, 4) is 0 Å². The molecule has 4 aromatic rings. The minimum atomic E-state index is -0.968. The second kappa shape index (κ2) is 12.6. The zero-order valence-corrected chi connectivity index (χ0v) is 26.2. The normalized spacial score (nSPS) is 15.2. The third-order valence-electron chi connectivity index (χ3n) is 8.99. The van der Waals surface area contributed by atoms with E-state index in [1.807, 2.05) is 30.4 Å². The number of amides is 1. The van der Waals surface area contributed by atoms with Crippen molar-refractivity contribution in [3.05, 3.63) is 99.4 Å². The number of rotatable bonds is 9. The number of aromatic nitrogens is 5. The van der Waals surface area contributed by atoms with Gasteiger partial charge in [0.05, 0.1) is 30.0 Å². The minimum absolute atomic E-state index is 0.121. The molecule has 0 saturated carbocycles. The van der Waals surface area contributed by atoms with Gasteiger partial charge in [0.2, 0.25) is 5.91 Å². The van der Waals surface area contributed by atoms with Crippen molar-refractivity contribution in [2.24, 2.45) is 0 Å². The molecular formula is C33H40F3N7O. The number of benzene rings is 2. The highest BCUT2D eigenvalue weighted by Crippen LogP contribution is 2.30. The van der Waals surface area contributed by atoms with Crippen molar-refractivity contribution >= 4 is 5.91 Å². The molecule has 0 unspecified atom stereocenters. The largest absolute Gasteiger partial charge is 0.340 e. The highest BCUT2D eigenvalue weighted by molar-refractivity contribution is 5.76. The fourth-order valence-electron chi connectivity index (χ4n) is 6.01. The Balaban J connectivity index is 1.17. The van der Waals surface area contributed by atoms with Crippen LogP contribution in [0, 0.1) is 38.2 Å². The summed E-state index contributed by atoms with van der Waals surface area (Å²) in [6, 6.07) is 8.96. The fourth-order valence-corrected chi connectivity index (χ4v) is 6.01. The van der Waals surface area contributed by atoms with Gasteiger partial charge in [0, 0.05) is 56.0 Å². The maximum absolute atomic E-state index is 14.4. The van der Waals surface area contributed by atoms with Crippen LogP contribution in [0.25, 0.3) is 0 Å². The van der Waals surface area contributed by atoms with E-state index < -0.39 is 29.0 Å². The van der Waals surface area contributed by atoms with Crippen LogP contribution < -0.4 is 0 Å². The van der Waals surface area contributed by atoms with Crippen molar-refractivity contribution in [1.82, 2.24) is 34.6 Å². The standard InChI is InChI=1S/C33H40F3N7O/c1-21-7-9-25(10-8-21)19-42-23(3)27(22(2)38-42)11-12-31(44)40-13-15-41(16-14-40)33(5,6)30-20-43(39-37-30)24(4)32-28(35)17-26(34)18-29(32)36/h7-10,17-18,20,24H,11-16,19H2,1-6H3/t24-/m1/s1. The maximum Gasteiger partial charge on any atom is 0.222 e. The molecule has 1 aliphatic heterocycles. The van der Waals surface area contributed by atoms with Crippen LogP contribution in [0.4, 0.5) is 13.2 Å². The van der Waals surface area contributed by atoms with Crippen LogP contribution in [0.5, 0.6) is 0 Å². The van der Waals surface area contributed by atoms with Crippen molar-refractivity contribution in [3.63, 3.8) is 0 Å². The summed E-state index contributed by atoms with van der Waals surface area (Å²) in [6.07, 6.45) is 2.74. The lowest BCUT2D eigenvalue weighted by Crippen LogP contribution is -2.54. The summed E-state index contributed by atoms with van der Waals surface area (Å²) in [5, 5.41) is 13.2. The number of halogens is 3. The zero-order chi connectivity index (χ0) is 31.8. The number of piperazine rings is 1. The minimum Gasteiger partial charge on any atom is -0.340 e. The van der Waals surface area contributed by atoms with Crippen molar-refractivity contribution in [2.75, 3.05) is 26.2 Å². The first kappa shape index (κ1) is 31.4. The van der Waals surface area contributed by atoms with Gasteiger partial charge in [-0.2, -0.15) is 5.10 Å². The molecule has 1 fully saturated rings. The first-order valence-corrected chi connectivity index (χ1v) is 15.0. The molecule has 0 aliphatic carbocycles. The Kier molecular flexibility index (Phi) is 8.97. The third kappa shape index (κ3) is 6.43. The molecule has 5 rings (SSSR count). The van der Waals surface area contributed by atoms with E-state index in [0.29, 0.717) is 63.4 Å². The molecule has 44 heavy (non-hydrogen) atoms. The fraction of sp³-hybridized carbons (Fsp3) is 0.455. The Morgan fingerprint density at radius 2 is 1.61 bits per heavy atom. The van der Waals surface area contributed by atoms with Gasteiger partial charge in [-0.1, -0.05) is 35.0 Å². The van der Waals surface area contributed by atoms with E-state index in [9.17, 15) is 18.0 Å². The zero-order valence-electron chi connectivity index (χ0n) is 26.2. The van der Waals surface area contributed by atoms with Crippen LogP contribution in [-0.4, -0.2) is 66.7 Å². The smallest absolute Gasteiger partial charge is 0.222 e. The van der Waals surface area contributed by atoms with Crippen LogP contribution in [0.2, 0.25) is 0 Å². The SMILES string of the molecule is Cc1ccc(Cn2nc(C)c(CCC(=O)N3CCN(C(C)(C)c4cn([C@H](C)c5c(F)cc(F)cc5F)nn4)CC3)c2C)cc1. The molecule has 234 valence electrons. The lowest BCUT2D eigenvalue weighted by atomic mass is 9.97. The summed E-state index contributed by atoms with van der Waals surface area (Å²) in [5.41, 5.74) is 5.43. The molecule has 1 amide bonds. The van der Waals surface area contributed by atoms with Gasteiger partial charge in [-0.25, -0.2) is 17.9 Å². The highest BCUT2D eigenvalue weighted by atomic mass is 19.1. The van der Waals surface area contributed by atoms with Crippen LogP contribution in [0.15, 0.2) is 42.6 Å². The van der Waals surface area contributed by atoms with E-state index in [0.717, 1.165) is 17.0 Å². The monoisotopic (exact) mass is 607 g/mol. The van der Waals surface area contributed by atoms with E-state index in [4.69, 9.17) is 5.10 Å². The molecule has 0 radical (unpaired) electrons.